The Morgan fingerprint density at radius 3 is 2.64 bits per heavy atom. The van der Waals surface area contributed by atoms with E-state index in [0.29, 0.717) is 43.1 Å². The highest BCUT2D eigenvalue weighted by molar-refractivity contribution is 6.54. The number of carbonyl (C=O) groups is 2. The van der Waals surface area contributed by atoms with Gasteiger partial charge in [-0.3, -0.25) is 14.5 Å². The lowest BCUT2D eigenvalue weighted by atomic mass is 9.92. The van der Waals surface area contributed by atoms with Gasteiger partial charge in [0.2, 0.25) is 5.43 Å². The first-order valence-corrected chi connectivity index (χ1v) is 15.0. The molecule has 3 aromatic rings. The lowest BCUT2D eigenvalue weighted by molar-refractivity contribution is -0.112. The molecule has 0 unspecified atom stereocenters. The number of aromatic carboxylic acids is 1. The van der Waals surface area contributed by atoms with E-state index in [4.69, 9.17) is 9.57 Å². The quantitative estimate of drug-likeness (QED) is 0.389. The Kier molecular flexibility index (Phi) is 7.03. The number of amides is 1. The van der Waals surface area contributed by atoms with E-state index in [0.717, 1.165) is 43.5 Å². The lowest BCUT2D eigenvalue weighted by Crippen LogP contribution is -2.48. The van der Waals surface area contributed by atoms with Crippen molar-refractivity contribution in [2.75, 3.05) is 56.7 Å². The number of hydrogen-bond donors (Lipinski definition) is 1. The second kappa shape index (κ2) is 10.9. The predicted molar refractivity (Wildman–Crippen MR) is 163 cm³/mol. The molecule has 4 aliphatic rings. The van der Waals surface area contributed by atoms with Gasteiger partial charge in [0.15, 0.2) is 17.3 Å². The summed E-state index contributed by atoms with van der Waals surface area (Å²) in [5, 5.41) is 13.6. The standard InChI is InChI=1S/C32H34FN5O6/c1-43-30-27-21(29(39)22(32(41)42)16-38(27)19-9-10-19)14-23(33)28(30)36-15-18-6-5-11-35(25(18)17-36)12-13-37-24-8-4-3-7-20(24)26(31(37)40)34-44-2/h3-4,7-8,14,16,18-19,25H,5-6,9-13,15,17H2,1-2H3,(H,41,42)/b34-26-/t18-,25+/m0/s1. The van der Waals surface area contributed by atoms with E-state index < -0.39 is 17.2 Å². The van der Waals surface area contributed by atoms with Crippen molar-refractivity contribution in [3.63, 3.8) is 0 Å². The number of carboxylic acid groups (broad SMARTS) is 1. The van der Waals surface area contributed by atoms with Crippen LogP contribution in [0.2, 0.25) is 0 Å². The van der Waals surface area contributed by atoms with Crippen LogP contribution in [0.15, 0.2) is 46.5 Å². The number of carbonyl (C=O) groups excluding carboxylic acids is 1. The zero-order valence-corrected chi connectivity index (χ0v) is 24.7. The van der Waals surface area contributed by atoms with E-state index in [9.17, 15) is 19.5 Å². The number of benzene rings is 2. The Morgan fingerprint density at radius 2 is 1.91 bits per heavy atom. The van der Waals surface area contributed by atoms with Crippen LogP contribution >= 0.6 is 0 Å². The zero-order valence-electron chi connectivity index (χ0n) is 24.7. The maximum absolute atomic E-state index is 16.0. The molecule has 3 aliphatic heterocycles. The third-order valence-electron chi connectivity index (χ3n) is 9.48. The van der Waals surface area contributed by atoms with Gasteiger partial charge in [0.05, 0.1) is 23.7 Å². The number of anilines is 2. The number of piperidine rings is 1. The molecule has 1 saturated carbocycles. The molecule has 3 fully saturated rings. The smallest absolute Gasteiger partial charge is 0.341 e. The molecule has 0 radical (unpaired) electrons. The average Bonchev–Trinajstić information content (AvgIpc) is 3.71. The predicted octanol–water partition coefficient (Wildman–Crippen LogP) is 3.48. The topological polar surface area (TPSA) is 117 Å². The van der Waals surface area contributed by atoms with E-state index in [1.807, 2.05) is 29.2 Å². The summed E-state index contributed by atoms with van der Waals surface area (Å²) in [5.41, 5.74) is 1.51. The summed E-state index contributed by atoms with van der Waals surface area (Å²) in [7, 11) is 2.89. The van der Waals surface area contributed by atoms with Gasteiger partial charge in [0.1, 0.15) is 18.4 Å². The number of halogens is 1. The molecule has 4 heterocycles. The van der Waals surface area contributed by atoms with Crippen LogP contribution in [-0.2, 0) is 9.63 Å². The first-order valence-electron chi connectivity index (χ1n) is 15.0. The molecule has 7 rings (SSSR count). The van der Waals surface area contributed by atoms with Gasteiger partial charge in [-0.1, -0.05) is 23.4 Å². The first-order chi connectivity index (χ1) is 21.3. The molecule has 11 nitrogen and oxygen atoms in total. The van der Waals surface area contributed by atoms with E-state index in [1.165, 1.54) is 26.5 Å². The van der Waals surface area contributed by atoms with Gasteiger partial charge in [-0.25, -0.2) is 9.18 Å². The number of oxime groups is 1. The minimum atomic E-state index is -1.33. The number of ether oxygens (including phenoxy) is 1. The maximum atomic E-state index is 16.0. The summed E-state index contributed by atoms with van der Waals surface area (Å²) in [6, 6.07) is 8.91. The van der Waals surface area contributed by atoms with E-state index in [1.54, 1.807) is 9.47 Å². The fraction of sp³-hybridized carbons (Fsp3) is 0.438. The summed E-state index contributed by atoms with van der Waals surface area (Å²) < 4.78 is 23.6. The molecule has 44 heavy (non-hydrogen) atoms. The van der Waals surface area contributed by atoms with Gasteiger partial charge in [0.25, 0.3) is 5.91 Å². The Morgan fingerprint density at radius 1 is 1.11 bits per heavy atom. The number of pyridine rings is 1. The summed E-state index contributed by atoms with van der Waals surface area (Å²) in [6.45, 7) is 3.18. The summed E-state index contributed by atoms with van der Waals surface area (Å²) >= 11 is 0. The van der Waals surface area contributed by atoms with Crippen LogP contribution in [0, 0.1) is 11.7 Å². The minimum Gasteiger partial charge on any atom is -0.492 e. The van der Waals surface area contributed by atoms with E-state index in [-0.39, 0.29) is 40.6 Å². The normalized spacial score (nSPS) is 22.5. The number of likely N-dealkylation sites (tertiary alicyclic amines) is 1. The molecule has 2 saturated heterocycles. The molecule has 230 valence electrons. The minimum absolute atomic E-state index is 0.0140. The number of para-hydroxylation sites is 1. The van der Waals surface area contributed by atoms with Crippen LogP contribution in [0.5, 0.6) is 5.75 Å². The molecule has 1 aliphatic carbocycles. The SMILES string of the molecule is CO/N=C1\C(=O)N(CCN2CCC[C@H]3CN(c4c(F)cc5c(=O)c(C(=O)O)cn(C6CC6)c5c4OC)C[C@H]32)c2ccccc21. The summed E-state index contributed by atoms with van der Waals surface area (Å²) in [6.07, 6.45) is 5.06. The summed E-state index contributed by atoms with van der Waals surface area (Å²) in [5.74, 6) is -1.58. The molecule has 12 heteroatoms. The Labute approximate surface area is 253 Å². The van der Waals surface area contributed by atoms with Gasteiger partial charge in [-0.05, 0) is 50.3 Å². The number of carboxylic acids is 1. The first kappa shape index (κ1) is 28.3. The maximum Gasteiger partial charge on any atom is 0.341 e. The average molecular weight is 604 g/mol. The van der Waals surface area contributed by atoms with Crippen molar-refractivity contribution in [3.05, 3.63) is 63.7 Å². The number of aromatic nitrogens is 1. The van der Waals surface area contributed by atoms with Gasteiger partial charge < -0.3 is 29.0 Å². The van der Waals surface area contributed by atoms with Crippen molar-refractivity contribution >= 4 is 39.9 Å². The van der Waals surface area contributed by atoms with Crippen molar-refractivity contribution in [2.24, 2.45) is 11.1 Å². The number of nitrogens with zero attached hydrogens (tertiary/aromatic N) is 5. The van der Waals surface area contributed by atoms with Crippen molar-refractivity contribution in [3.8, 4) is 5.75 Å². The van der Waals surface area contributed by atoms with Crippen LogP contribution in [0.25, 0.3) is 10.9 Å². The van der Waals surface area contributed by atoms with Gasteiger partial charge in [-0.2, -0.15) is 0 Å². The molecule has 1 amide bonds. The fourth-order valence-corrected chi connectivity index (χ4v) is 7.35. The van der Waals surface area contributed by atoms with Gasteiger partial charge >= 0.3 is 5.97 Å². The summed E-state index contributed by atoms with van der Waals surface area (Å²) in [4.78, 5) is 49.3. The zero-order chi connectivity index (χ0) is 30.7. The van der Waals surface area contributed by atoms with Crippen LogP contribution in [0.3, 0.4) is 0 Å². The molecule has 0 bridgehead atoms. The third-order valence-corrected chi connectivity index (χ3v) is 9.48. The second-order valence-electron chi connectivity index (χ2n) is 12.0. The van der Waals surface area contributed by atoms with Gasteiger partial charge in [0, 0.05) is 50.0 Å². The molecule has 1 N–H and O–H groups in total. The van der Waals surface area contributed by atoms with Gasteiger partial charge in [-0.15, -0.1) is 0 Å². The second-order valence-corrected chi connectivity index (χ2v) is 12.0. The molecular formula is C32H34FN5O6. The number of fused-ring (bicyclic) bond motifs is 3. The third kappa shape index (κ3) is 4.50. The van der Waals surface area contributed by atoms with Crippen LogP contribution in [-0.4, -0.2) is 85.1 Å². The van der Waals surface area contributed by atoms with Crippen molar-refractivity contribution in [2.45, 2.75) is 37.8 Å². The fourth-order valence-electron chi connectivity index (χ4n) is 7.35. The molecule has 0 spiro atoms. The van der Waals surface area contributed by atoms with Crippen LogP contribution < -0.4 is 20.0 Å². The van der Waals surface area contributed by atoms with Crippen molar-refractivity contribution < 1.29 is 28.7 Å². The highest BCUT2D eigenvalue weighted by Crippen LogP contribution is 2.45. The number of hydrogen-bond acceptors (Lipinski definition) is 8. The number of methoxy groups -OCH3 is 1. The van der Waals surface area contributed by atoms with E-state index in [2.05, 4.69) is 10.1 Å². The van der Waals surface area contributed by atoms with Crippen LogP contribution in [0.4, 0.5) is 15.8 Å². The molecule has 2 atom stereocenters. The van der Waals surface area contributed by atoms with Crippen molar-refractivity contribution in [1.82, 2.24) is 9.47 Å². The Bertz CT molecular complexity index is 1770. The molecule has 1 aromatic heterocycles. The lowest BCUT2D eigenvalue weighted by Gasteiger charge is -2.37. The Balaban J connectivity index is 1.18. The Hall–Kier alpha value is -4.45. The highest BCUT2D eigenvalue weighted by Gasteiger charge is 2.42. The van der Waals surface area contributed by atoms with Crippen molar-refractivity contribution in [1.29, 1.82) is 0 Å². The molecule has 2 aromatic carbocycles. The molecular weight excluding hydrogens is 569 g/mol. The highest BCUT2D eigenvalue weighted by atomic mass is 19.1. The van der Waals surface area contributed by atoms with Crippen LogP contribution in [0.1, 0.15) is 47.6 Å². The monoisotopic (exact) mass is 603 g/mol. The van der Waals surface area contributed by atoms with E-state index >= 15 is 4.39 Å². The largest absolute Gasteiger partial charge is 0.492 e. The number of rotatable bonds is 8.